The third kappa shape index (κ3) is 2.93. The number of benzene rings is 1. The fraction of sp³-hybridized carbons (Fsp3) is 0.462. The van der Waals surface area contributed by atoms with Gasteiger partial charge in [0.2, 0.25) is 0 Å². The summed E-state index contributed by atoms with van der Waals surface area (Å²) in [6.07, 6.45) is 3.16. The molecule has 1 fully saturated rings. The van der Waals surface area contributed by atoms with Crippen molar-refractivity contribution in [3.63, 3.8) is 0 Å². The van der Waals surface area contributed by atoms with Gasteiger partial charge in [0.25, 0.3) is 5.91 Å². The average molecular weight is 284 g/mol. The van der Waals surface area contributed by atoms with Gasteiger partial charge >= 0.3 is 0 Å². The van der Waals surface area contributed by atoms with Crippen LogP contribution in [0.2, 0.25) is 5.02 Å². The summed E-state index contributed by atoms with van der Waals surface area (Å²) in [5, 5.41) is 3.67. The van der Waals surface area contributed by atoms with Crippen molar-refractivity contribution in [2.75, 3.05) is 18.2 Å². The summed E-state index contributed by atoms with van der Waals surface area (Å²) >= 11 is 6.16. The molecular formula is C13H18ClN3O2. The Kier molecular flexibility index (Phi) is 4.17. The molecule has 2 rings (SSSR count). The van der Waals surface area contributed by atoms with Crippen LogP contribution in [0.3, 0.4) is 0 Å². The van der Waals surface area contributed by atoms with Crippen molar-refractivity contribution in [3.05, 3.63) is 22.7 Å². The molecule has 6 heteroatoms. The number of primary amides is 1. The maximum absolute atomic E-state index is 11.5. The molecule has 1 aliphatic carbocycles. The van der Waals surface area contributed by atoms with E-state index in [1.807, 2.05) is 0 Å². The van der Waals surface area contributed by atoms with E-state index in [9.17, 15) is 4.79 Å². The third-order valence-corrected chi connectivity index (χ3v) is 3.76. The van der Waals surface area contributed by atoms with Crippen molar-refractivity contribution in [3.8, 4) is 0 Å². The first-order valence-electron chi connectivity index (χ1n) is 6.21. The van der Waals surface area contributed by atoms with Gasteiger partial charge in [0.15, 0.2) is 0 Å². The molecule has 104 valence electrons. The highest BCUT2D eigenvalue weighted by molar-refractivity contribution is 6.34. The van der Waals surface area contributed by atoms with Gasteiger partial charge in [0, 0.05) is 12.8 Å². The smallest absolute Gasteiger partial charge is 0.250 e. The van der Waals surface area contributed by atoms with Crippen molar-refractivity contribution in [2.45, 2.75) is 31.4 Å². The Hall–Kier alpha value is -1.46. The second kappa shape index (κ2) is 5.67. The quantitative estimate of drug-likeness (QED) is 0.737. The van der Waals surface area contributed by atoms with Gasteiger partial charge in [-0.15, -0.1) is 0 Å². The number of nitrogens with one attached hydrogen (secondary N) is 1. The molecular weight excluding hydrogens is 266 g/mol. The van der Waals surface area contributed by atoms with E-state index in [1.54, 1.807) is 13.2 Å². The van der Waals surface area contributed by atoms with Crippen molar-refractivity contribution < 1.29 is 9.53 Å². The Labute approximate surface area is 117 Å². The largest absolute Gasteiger partial charge is 0.399 e. The summed E-state index contributed by atoms with van der Waals surface area (Å²) < 4.78 is 5.41. The van der Waals surface area contributed by atoms with E-state index < -0.39 is 5.91 Å². The third-order valence-electron chi connectivity index (χ3n) is 3.46. The van der Waals surface area contributed by atoms with E-state index in [0.29, 0.717) is 22.0 Å². The van der Waals surface area contributed by atoms with Crippen LogP contribution in [-0.2, 0) is 4.74 Å². The lowest BCUT2D eigenvalue weighted by molar-refractivity contribution is 0.0991. The number of carbonyl (C=O) groups is 1. The number of ether oxygens (including phenoxy) is 1. The molecule has 0 aliphatic heterocycles. The van der Waals surface area contributed by atoms with Crippen LogP contribution in [0, 0.1) is 0 Å². The van der Waals surface area contributed by atoms with Crippen molar-refractivity contribution >= 4 is 28.9 Å². The van der Waals surface area contributed by atoms with Crippen LogP contribution in [-0.4, -0.2) is 25.2 Å². The summed E-state index contributed by atoms with van der Waals surface area (Å²) in [4.78, 5) is 11.5. The maximum Gasteiger partial charge on any atom is 0.250 e. The molecule has 0 spiro atoms. The summed E-state index contributed by atoms with van der Waals surface area (Å²) in [6.45, 7) is 0. The number of rotatable bonds is 4. The number of hydrogen-bond acceptors (Lipinski definition) is 4. The second-order valence-electron chi connectivity index (χ2n) is 4.75. The molecule has 1 aromatic carbocycles. The van der Waals surface area contributed by atoms with E-state index in [1.165, 1.54) is 6.07 Å². The zero-order valence-electron chi connectivity index (χ0n) is 10.8. The lowest BCUT2D eigenvalue weighted by atomic mass is 10.1. The van der Waals surface area contributed by atoms with Crippen LogP contribution in [0.25, 0.3) is 0 Å². The van der Waals surface area contributed by atoms with Crippen LogP contribution in [0.1, 0.15) is 29.6 Å². The molecule has 1 aromatic rings. The van der Waals surface area contributed by atoms with Crippen LogP contribution < -0.4 is 16.8 Å². The summed E-state index contributed by atoms with van der Waals surface area (Å²) in [7, 11) is 1.68. The molecule has 2 atom stereocenters. The van der Waals surface area contributed by atoms with Gasteiger partial charge in [-0.05, 0) is 31.4 Å². The first-order chi connectivity index (χ1) is 9.02. The molecule has 0 saturated heterocycles. The number of nitrogens with two attached hydrogens (primary N) is 2. The zero-order chi connectivity index (χ0) is 14.0. The predicted octanol–water partition coefficient (Wildman–Crippen LogP) is 2.00. The second-order valence-corrected chi connectivity index (χ2v) is 5.15. The van der Waals surface area contributed by atoms with Gasteiger partial charge in [-0.2, -0.15) is 0 Å². The van der Waals surface area contributed by atoms with Crippen LogP contribution >= 0.6 is 11.6 Å². The number of nitrogen functional groups attached to an aromatic ring is 1. The summed E-state index contributed by atoms with van der Waals surface area (Å²) in [5.74, 6) is -0.552. The molecule has 1 aliphatic rings. The zero-order valence-corrected chi connectivity index (χ0v) is 11.5. The Morgan fingerprint density at radius 2 is 2.21 bits per heavy atom. The fourth-order valence-electron chi connectivity index (χ4n) is 2.53. The van der Waals surface area contributed by atoms with E-state index >= 15 is 0 Å². The summed E-state index contributed by atoms with van der Waals surface area (Å²) in [5.41, 5.74) is 12.3. The van der Waals surface area contributed by atoms with Gasteiger partial charge in [-0.25, -0.2) is 0 Å². The molecule has 5 N–H and O–H groups in total. The highest BCUT2D eigenvalue weighted by Gasteiger charge is 2.28. The van der Waals surface area contributed by atoms with E-state index in [0.717, 1.165) is 19.3 Å². The number of hydrogen-bond donors (Lipinski definition) is 3. The molecule has 2 unspecified atom stereocenters. The Morgan fingerprint density at radius 3 is 2.84 bits per heavy atom. The normalized spacial score (nSPS) is 22.4. The molecule has 1 amide bonds. The van der Waals surface area contributed by atoms with Gasteiger partial charge in [0.05, 0.1) is 28.4 Å². The molecule has 0 bridgehead atoms. The van der Waals surface area contributed by atoms with Crippen molar-refractivity contribution in [1.29, 1.82) is 0 Å². The van der Waals surface area contributed by atoms with Crippen LogP contribution in [0.15, 0.2) is 12.1 Å². The lowest BCUT2D eigenvalue weighted by Gasteiger charge is -2.23. The van der Waals surface area contributed by atoms with E-state index in [-0.39, 0.29) is 12.1 Å². The molecule has 0 heterocycles. The molecule has 0 radical (unpaired) electrons. The van der Waals surface area contributed by atoms with Crippen molar-refractivity contribution in [1.82, 2.24) is 0 Å². The molecule has 0 aromatic heterocycles. The van der Waals surface area contributed by atoms with Crippen molar-refractivity contribution in [2.24, 2.45) is 5.73 Å². The maximum atomic E-state index is 11.5. The highest BCUT2D eigenvalue weighted by atomic mass is 35.5. The van der Waals surface area contributed by atoms with Crippen LogP contribution in [0.4, 0.5) is 11.4 Å². The number of anilines is 2. The fourth-order valence-corrected chi connectivity index (χ4v) is 2.81. The van der Waals surface area contributed by atoms with E-state index in [2.05, 4.69) is 5.32 Å². The van der Waals surface area contributed by atoms with E-state index in [4.69, 9.17) is 27.8 Å². The SMILES string of the molecule is COC1CCCC1Nc1c(Cl)cc(N)cc1C(N)=O. The minimum Gasteiger partial charge on any atom is -0.399 e. The van der Waals surface area contributed by atoms with Gasteiger partial charge in [-0.3, -0.25) is 4.79 Å². The average Bonchev–Trinajstić information content (AvgIpc) is 2.79. The standard InChI is InChI=1S/C13H18ClN3O2/c1-19-11-4-2-3-10(11)17-12-8(13(16)18)5-7(15)6-9(12)14/h5-6,10-11,17H,2-4,15H2,1H3,(H2,16,18). The number of halogens is 1. The van der Waals surface area contributed by atoms with Crippen LogP contribution in [0.5, 0.6) is 0 Å². The first kappa shape index (κ1) is 14.0. The Morgan fingerprint density at radius 1 is 1.47 bits per heavy atom. The predicted molar refractivity (Wildman–Crippen MR) is 76.4 cm³/mol. The monoisotopic (exact) mass is 283 g/mol. The first-order valence-corrected chi connectivity index (χ1v) is 6.59. The topological polar surface area (TPSA) is 90.4 Å². The Balaban J connectivity index is 2.31. The minimum absolute atomic E-state index is 0.120. The number of amides is 1. The number of methoxy groups -OCH3 is 1. The Bertz CT molecular complexity index is 493. The minimum atomic E-state index is -0.552. The highest BCUT2D eigenvalue weighted by Crippen LogP contribution is 2.33. The molecule has 1 saturated carbocycles. The van der Waals surface area contributed by atoms with Gasteiger partial charge < -0.3 is 21.5 Å². The summed E-state index contributed by atoms with van der Waals surface area (Å²) in [6, 6.07) is 3.27. The number of carbonyl (C=O) groups excluding carboxylic acids is 1. The molecule has 19 heavy (non-hydrogen) atoms. The van der Waals surface area contributed by atoms with Gasteiger partial charge in [0.1, 0.15) is 0 Å². The lowest BCUT2D eigenvalue weighted by Crippen LogP contribution is -2.31. The molecule has 5 nitrogen and oxygen atoms in total. The van der Waals surface area contributed by atoms with Gasteiger partial charge in [-0.1, -0.05) is 11.6 Å².